The Bertz CT molecular complexity index is 638. The largest absolute Gasteiger partial charge is 0.384 e. The first-order valence-electron chi connectivity index (χ1n) is 6.47. The van der Waals surface area contributed by atoms with E-state index in [0.717, 1.165) is 11.3 Å². The Morgan fingerprint density at radius 3 is 2.70 bits per heavy atom. The molecule has 0 bridgehead atoms. The molecule has 2 aromatic rings. The number of hydrogen-bond acceptors (Lipinski definition) is 4. The molecule has 0 saturated carbocycles. The van der Waals surface area contributed by atoms with E-state index in [9.17, 15) is 4.79 Å². The van der Waals surface area contributed by atoms with Crippen molar-refractivity contribution in [3.63, 3.8) is 0 Å². The summed E-state index contributed by atoms with van der Waals surface area (Å²) in [5.41, 5.74) is 8.07. The Kier molecular flexibility index (Phi) is 3.98. The van der Waals surface area contributed by atoms with Crippen molar-refractivity contribution < 1.29 is 4.79 Å². The average molecular weight is 270 g/mol. The third-order valence-electron chi connectivity index (χ3n) is 2.88. The number of nitrogens with two attached hydrogens (primary N) is 1. The van der Waals surface area contributed by atoms with Crippen LogP contribution in [0.3, 0.4) is 0 Å². The van der Waals surface area contributed by atoms with Crippen molar-refractivity contribution in [3.05, 3.63) is 47.3 Å². The van der Waals surface area contributed by atoms with E-state index in [0.29, 0.717) is 17.2 Å². The van der Waals surface area contributed by atoms with E-state index in [-0.39, 0.29) is 11.8 Å². The molecule has 0 aliphatic rings. The van der Waals surface area contributed by atoms with Gasteiger partial charge in [0.25, 0.3) is 5.91 Å². The van der Waals surface area contributed by atoms with Gasteiger partial charge in [0.1, 0.15) is 11.6 Å². The standard InChI is InChI=1S/C15H18N4O/c1-9(2)12-7-11(8-13(16)18-12)15(20)19-14-6-10(3)4-5-17-14/h4-9H,1-3H3,(H2,16,18)(H,17,19,20). The lowest BCUT2D eigenvalue weighted by molar-refractivity contribution is 0.102. The number of nitrogen functional groups attached to an aromatic ring is 1. The molecule has 0 fully saturated rings. The van der Waals surface area contributed by atoms with E-state index in [2.05, 4.69) is 15.3 Å². The molecular weight excluding hydrogens is 252 g/mol. The van der Waals surface area contributed by atoms with Gasteiger partial charge in [-0.25, -0.2) is 9.97 Å². The van der Waals surface area contributed by atoms with Crippen LogP contribution in [0.1, 0.15) is 41.4 Å². The van der Waals surface area contributed by atoms with Crippen molar-refractivity contribution in [2.75, 3.05) is 11.1 Å². The summed E-state index contributed by atoms with van der Waals surface area (Å²) in [6.45, 7) is 5.95. The first-order valence-corrected chi connectivity index (χ1v) is 6.47. The predicted molar refractivity (Wildman–Crippen MR) is 79.7 cm³/mol. The van der Waals surface area contributed by atoms with Crippen LogP contribution >= 0.6 is 0 Å². The number of aryl methyl sites for hydroxylation is 1. The van der Waals surface area contributed by atoms with Crippen LogP contribution in [0.4, 0.5) is 11.6 Å². The molecule has 0 aliphatic carbocycles. The SMILES string of the molecule is Cc1ccnc(NC(=O)c2cc(N)nc(C(C)C)c2)c1. The molecule has 2 heterocycles. The van der Waals surface area contributed by atoms with Gasteiger partial charge in [0, 0.05) is 17.5 Å². The molecule has 0 spiro atoms. The number of amides is 1. The van der Waals surface area contributed by atoms with Crippen LogP contribution in [0.5, 0.6) is 0 Å². The topological polar surface area (TPSA) is 80.9 Å². The van der Waals surface area contributed by atoms with Crippen molar-refractivity contribution in [3.8, 4) is 0 Å². The van der Waals surface area contributed by atoms with Gasteiger partial charge >= 0.3 is 0 Å². The summed E-state index contributed by atoms with van der Waals surface area (Å²) in [6, 6.07) is 7.01. The van der Waals surface area contributed by atoms with Gasteiger partial charge in [0.2, 0.25) is 0 Å². The molecule has 2 rings (SSSR count). The van der Waals surface area contributed by atoms with Gasteiger partial charge in [-0.2, -0.15) is 0 Å². The molecule has 0 aliphatic heterocycles. The minimum atomic E-state index is -0.237. The highest BCUT2D eigenvalue weighted by Gasteiger charge is 2.11. The molecule has 2 aromatic heterocycles. The highest BCUT2D eigenvalue weighted by molar-refractivity contribution is 6.04. The number of carbonyl (C=O) groups is 1. The lowest BCUT2D eigenvalue weighted by atomic mass is 10.1. The minimum absolute atomic E-state index is 0.210. The van der Waals surface area contributed by atoms with Crippen LogP contribution in [0.25, 0.3) is 0 Å². The van der Waals surface area contributed by atoms with Crippen molar-refractivity contribution in [1.29, 1.82) is 0 Å². The number of carbonyl (C=O) groups excluding carboxylic acids is 1. The summed E-state index contributed by atoms with van der Waals surface area (Å²) in [6.07, 6.45) is 1.66. The zero-order valence-corrected chi connectivity index (χ0v) is 11.8. The number of rotatable bonds is 3. The molecule has 0 aromatic carbocycles. The highest BCUT2D eigenvalue weighted by Crippen LogP contribution is 2.17. The van der Waals surface area contributed by atoms with E-state index in [4.69, 9.17) is 5.73 Å². The van der Waals surface area contributed by atoms with Gasteiger partial charge in [-0.15, -0.1) is 0 Å². The number of nitrogens with one attached hydrogen (secondary N) is 1. The Hall–Kier alpha value is -2.43. The number of aromatic nitrogens is 2. The summed E-state index contributed by atoms with van der Waals surface area (Å²) >= 11 is 0. The highest BCUT2D eigenvalue weighted by atomic mass is 16.1. The fraction of sp³-hybridized carbons (Fsp3) is 0.267. The molecular formula is C15H18N4O. The summed E-state index contributed by atoms with van der Waals surface area (Å²) in [4.78, 5) is 20.5. The molecule has 20 heavy (non-hydrogen) atoms. The Labute approximate surface area is 118 Å². The van der Waals surface area contributed by atoms with Crippen molar-refractivity contribution in [2.24, 2.45) is 0 Å². The van der Waals surface area contributed by atoms with Crippen LogP contribution < -0.4 is 11.1 Å². The molecule has 5 heteroatoms. The van der Waals surface area contributed by atoms with Crippen molar-refractivity contribution >= 4 is 17.5 Å². The summed E-state index contributed by atoms with van der Waals surface area (Å²) in [5.74, 6) is 0.844. The quantitative estimate of drug-likeness (QED) is 0.898. The van der Waals surface area contributed by atoms with E-state index in [1.807, 2.05) is 32.9 Å². The predicted octanol–water partition coefficient (Wildman–Crippen LogP) is 2.74. The van der Waals surface area contributed by atoms with Crippen LogP contribution in [0.2, 0.25) is 0 Å². The number of anilines is 2. The van der Waals surface area contributed by atoms with E-state index in [1.165, 1.54) is 0 Å². The normalized spacial score (nSPS) is 10.6. The fourth-order valence-corrected chi connectivity index (χ4v) is 1.79. The first-order chi connectivity index (χ1) is 9.45. The minimum Gasteiger partial charge on any atom is -0.384 e. The average Bonchev–Trinajstić information content (AvgIpc) is 2.37. The van der Waals surface area contributed by atoms with Gasteiger partial charge in [-0.1, -0.05) is 13.8 Å². The van der Waals surface area contributed by atoms with Gasteiger partial charge in [0.05, 0.1) is 0 Å². The smallest absolute Gasteiger partial charge is 0.257 e. The van der Waals surface area contributed by atoms with E-state index >= 15 is 0 Å². The van der Waals surface area contributed by atoms with Crippen LogP contribution in [0, 0.1) is 6.92 Å². The van der Waals surface area contributed by atoms with Gasteiger partial charge in [-0.05, 0) is 42.7 Å². The zero-order valence-electron chi connectivity index (χ0n) is 11.8. The Morgan fingerprint density at radius 1 is 1.30 bits per heavy atom. The van der Waals surface area contributed by atoms with Crippen LogP contribution in [0.15, 0.2) is 30.5 Å². The van der Waals surface area contributed by atoms with Gasteiger partial charge < -0.3 is 11.1 Å². The Morgan fingerprint density at radius 2 is 2.05 bits per heavy atom. The molecule has 104 valence electrons. The summed E-state index contributed by atoms with van der Waals surface area (Å²) in [7, 11) is 0. The molecule has 0 atom stereocenters. The van der Waals surface area contributed by atoms with E-state index in [1.54, 1.807) is 18.3 Å². The van der Waals surface area contributed by atoms with Gasteiger partial charge in [0.15, 0.2) is 0 Å². The molecule has 0 unspecified atom stereocenters. The number of nitrogens with zero attached hydrogens (tertiary/aromatic N) is 2. The maximum Gasteiger partial charge on any atom is 0.257 e. The molecule has 5 nitrogen and oxygen atoms in total. The summed E-state index contributed by atoms with van der Waals surface area (Å²) < 4.78 is 0. The summed E-state index contributed by atoms with van der Waals surface area (Å²) in [5, 5.41) is 2.76. The van der Waals surface area contributed by atoms with E-state index < -0.39 is 0 Å². The lowest BCUT2D eigenvalue weighted by Gasteiger charge is -2.09. The zero-order chi connectivity index (χ0) is 14.7. The Balaban J connectivity index is 2.25. The second kappa shape index (κ2) is 5.69. The van der Waals surface area contributed by atoms with Crippen molar-refractivity contribution in [1.82, 2.24) is 9.97 Å². The van der Waals surface area contributed by atoms with Crippen LogP contribution in [-0.2, 0) is 0 Å². The molecule has 0 saturated heterocycles. The third kappa shape index (κ3) is 3.32. The van der Waals surface area contributed by atoms with Gasteiger partial charge in [-0.3, -0.25) is 4.79 Å². The number of hydrogen-bond donors (Lipinski definition) is 2. The number of pyridine rings is 2. The monoisotopic (exact) mass is 270 g/mol. The molecule has 1 amide bonds. The van der Waals surface area contributed by atoms with Crippen molar-refractivity contribution in [2.45, 2.75) is 26.7 Å². The third-order valence-corrected chi connectivity index (χ3v) is 2.88. The second-order valence-electron chi connectivity index (χ2n) is 5.03. The lowest BCUT2D eigenvalue weighted by Crippen LogP contribution is -2.14. The maximum absolute atomic E-state index is 12.2. The van der Waals surface area contributed by atoms with Crippen LogP contribution in [-0.4, -0.2) is 15.9 Å². The maximum atomic E-state index is 12.2. The molecule has 3 N–H and O–H groups in total. The fourth-order valence-electron chi connectivity index (χ4n) is 1.79. The second-order valence-corrected chi connectivity index (χ2v) is 5.03. The molecule has 0 radical (unpaired) electrons. The first kappa shape index (κ1) is 14.0.